The molecule has 1 amide bonds. The molecule has 0 aliphatic rings. The largest absolute Gasteiger partial charge is 0.495 e. The van der Waals surface area contributed by atoms with E-state index in [0.717, 1.165) is 12.1 Å². The summed E-state index contributed by atoms with van der Waals surface area (Å²) in [6.45, 7) is 3.98. The van der Waals surface area contributed by atoms with Crippen molar-refractivity contribution in [2.24, 2.45) is 0 Å². The molecule has 0 unspecified atom stereocenters. The van der Waals surface area contributed by atoms with Crippen LogP contribution < -0.4 is 19.5 Å². The van der Waals surface area contributed by atoms with Gasteiger partial charge in [-0.05, 0) is 36.4 Å². The predicted octanol–water partition coefficient (Wildman–Crippen LogP) is 5.75. The van der Waals surface area contributed by atoms with E-state index in [9.17, 15) is 21.6 Å². The normalized spacial score (nSPS) is 11.8. The summed E-state index contributed by atoms with van der Waals surface area (Å²) in [4.78, 5) is 12.7. The fraction of sp³-hybridized carbons (Fsp3) is 0.240. The van der Waals surface area contributed by atoms with Crippen LogP contribution in [-0.2, 0) is 20.0 Å². The van der Waals surface area contributed by atoms with E-state index in [-0.39, 0.29) is 61.5 Å². The summed E-state index contributed by atoms with van der Waals surface area (Å²) >= 11 is 18.6. The molecule has 3 aromatic rings. The van der Waals surface area contributed by atoms with Gasteiger partial charge in [-0.2, -0.15) is 4.31 Å². The predicted molar refractivity (Wildman–Crippen MR) is 156 cm³/mol. The number of carbonyl (C=O) groups excluding carboxylic acids is 1. The van der Waals surface area contributed by atoms with Gasteiger partial charge in [-0.15, -0.1) is 0 Å². The van der Waals surface area contributed by atoms with Crippen LogP contribution in [0.15, 0.2) is 58.3 Å². The number of amides is 1. The number of rotatable bonds is 11. The molecule has 0 bridgehead atoms. The molecule has 0 heterocycles. The number of halogens is 3. The second kappa shape index (κ2) is 12.8. The third-order valence-electron chi connectivity index (χ3n) is 5.71. The van der Waals surface area contributed by atoms with E-state index in [1.165, 1.54) is 54.9 Å². The number of sulfonamides is 2. The average Bonchev–Trinajstić information content (AvgIpc) is 2.89. The molecule has 0 atom stereocenters. The van der Waals surface area contributed by atoms with E-state index < -0.39 is 30.8 Å². The molecule has 40 heavy (non-hydrogen) atoms. The molecule has 0 radical (unpaired) electrons. The fourth-order valence-electron chi connectivity index (χ4n) is 3.69. The molecule has 3 aromatic carbocycles. The molecule has 3 rings (SSSR count). The van der Waals surface area contributed by atoms with Crippen molar-refractivity contribution in [2.75, 3.05) is 37.3 Å². The Bertz CT molecular complexity index is 1650. The van der Waals surface area contributed by atoms with Gasteiger partial charge in [0.25, 0.3) is 15.9 Å². The van der Waals surface area contributed by atoms with E-state index in [1.54, 1.807) is 13.8 Å². The van der Waals surface area contributed by atoms with Gasteiger partial charge in [-0.3, -0.25) is 9.52 Å². The maximum absolute atomic E-state index is 13.3. The molecule has 216 valence electrons. The van der Waals surface area contributed by atoms with Gasteiger partial charge in [0.2, 0.25) is 10.0 Å². The highest BCUT2D eigenvalue weighted by Crippen LogP contribution is 2.38. The zero-order valence-electron chi connectivity index (χ0n) is 21.8. The van der Waals surface area contributed by atoms with Crippen molar-refractivity contribution in [1.82, 2.24) is 4.31 Å². The van der Waals surface area contributed by atoms with E-state index in [0.29, 0.717) is 0 Å². The van der Waals surface area contributed by atoms with Crippen LogP contribution in [0.4, 0.5) is 11.4 Å². The summed E-state index contributed by atoms with van der Waals surface area (Å²) in [5.41, 5.74) is -0.0656. The van der Waals surface area contributed by atoms with Crippen LogP contribution in [0.25, 0.3) is 0 Å². The Balaban J connectivity index is 1.96. The van der Waals surface area contributed by atoms with E-state index in [1.807, 2.05) is 0 Å². The first kappa shape index (κ1) is 31.8. The SMILES string of the molecule is CCN(CC)S(=O)(=O)c1cccc(NC(=O)c2cc(S(=O)(=O)Nc3cc(Cl)c(OC)cc3OC)c(Cl)cc2Cl)c1. The Kier molecular flexibility index (Phi) is 10.2. The number of hydrogen-bond acceptors (Lipinski definition) is 7. The Morgan fingerprint density at radius 1 is 0.850 bits per heavy atom. The quantitative estimate of drug-likeness (QED) is 0.270. The van der Waals surface area contributed by atoms with Crippen LogP contribution in [-0.4, -0.2) is 54.4 Å². The van der Waals surface area contributed by atoms with Crippen LogP contribution in [0.3, 0.4) is 0 Å². The fourth-order valence-corrected chi connectivity index (χ4v) is 7.36. The molecule has 15 heteroatoms. The summed E-state index contributed by atoms with van der Waals surface area (Å²) < 4.78 is 66.4. The van der Waals surface area contributed by atoms with Crippen molar-refractivity contribution < 1.29 is 31.1 Å². The Labute approximate surface area is 248 Å². The van der Waals surface area contributed by atoms with E-state index >= 15 is 0 Å². The van der Waals surface area contributed by atoms with E-state index in [2.05, 4.69) is 10.0 Å². The average molecular weight is 651 g/mol. The number of hydrogen-bond donors (Lipinski definition) is 2. The minimum atomic E-state index is -4.38. The maximum Gasteiger partial charge on any atom is 0.263 e. The van der Waals surface area contributed by atoms with Gasteiger partial charge in [0.1, 0.15) is 16.4 Å². The number of ether oxygens (including phenoxy) is 2. The van der Waals surface area contributed by atoms with Crippen molar-refractivity contribution >= 4 is 72.1 Å². The first-order valence-corrected chi connectivity index (χ1v) is 15.7. The molecule has 0 saturated carbocycles. The number of nitrogens with zero attached hydrogens (tertiary/aromatic N) is 1. The minimum Gasteiger partial charge on any atom is -0.495 e. The van der Waals surface area contributed by atoms with Crippen LogP contribution in [0.5, 0.6) is 11.5 Å². The highest BCUT2D eigenvalue weighted by atomic mass is 35.5. The van der Waals surface area contributed by atoms with Crippen molar-refractivity contribution in [3.05, 3.63) is 69.2 Å². The van der Waals surface area contributed by atoms with Gasteiger partial charge >= 0.3 is 0 Å². The first-order chi connectivity index (χ1) is 18.8. The summed E-state index contributed by atoms with van der Waals surface area (Å²) in [6, 6.07) is 10.5. The smallest absolute Gasteiger partial charge is 0.263 e. The molecule has 0 aromatic heterocycles. The maximum atomic E-state index is 13.3. The van der Waals surface area contributed by atoms with Crippen LogP contribution in [0.2, 0.25) is 15.1 Å². The third-order valence-corrected chi connectivity index (χ3v) is 10.2. The highest BCUT2D eigenvalue weighted by molar-refractivity contribution is 7.92. The standard InChI is InChI=1S/C25H26Cl3N3O7S2/c1-5-31(6-2)40(35,36)16-9-7-8-15(10-16)29-25(32)17-11-24(20(28)12-18(17)26)39(33,34)30-21-13-19(27)22(37-3)14-23(21)38-4/h7-14,30H,5-6H2,1-4H3,(H,29,32). The second-order valence-corrected chi connectivity index (χ2v) is 12.9. The van der Waals surface area contributed by atoms with Crippen molar-refractivity contribution in [1.29, 1.82) is 0 Å². The number of anilines is 2. The lowest BCUT2D eigenvalue weighted by molar-refractivity contribution is 0.102. The van der Waals surface area contributed by atoms with Crippen molar-refractivity contribution in [3.63, 3.8) is 0 Å². The summed E-state index contributed by atoms with van der Waals surface area (Å²) in [5.74, 6) is -0.410. The highest BCUT2D eigenvalue weighted by Gasteiger charge is 2.26. The lowest BCUT2D eigenvalue weighted by Gasteiger charge is -2.19. The number of carbonyl (C=O) groups is 1. The van der Waals surface area contributed by atoms with Gasteiger partial charge in [-0.25, -0.2) is 16.8 Å². The topological polar surface area (TPSA) is 131 Å². The Hall–Kier alpha value is -2.74. The van der Waals surface area contributed by atoms with Crippen LogP contribution in [0.1, 0.15) is 24.2 Å². The number of benzene rings is 3. The van der Waals surface area contributed by atoms with Crippen LogP contribution in [0, 0.1) is 0 Å². The molecule has 0 saturated heterocycles. The minimum absolute atomic E-state index is 0.00320. The van der Waals surface area contributed by atoms with Gasteiger partial charge in [0.15, 0.2) is 0 Å². The summed E-state index contributed by atoms with van der Waals surface area (Å²) in [7, 11) is -5.44. The Morgan fingerprint density at radius 2 is 1.50 bits per heavy atom. The lowest BCUT2D eigenvalue weighted by Crippen LogP contribution is -2.30. The zero-order valence-corrected chi connectivity index (χ0v) is 25.7. The summed E-state index contributed by atoms with van der Waals surface area (Å²) in [6.07, 6.45) is 0. The molecular formula is C25H26Cl3N3O7S2. The molecule has 2 N–H and O–H groups in total. The van der Waals surface area contributed by atoms with Gasteiger partial charge in [0.05, 0.1) is 45.4 Å². The third kappa shape index (κ3) is 6.76. The number of methoxy groups -OCH3 is 2. The summed E-state index contributed by atoms with van der Waals surface area (Å²) in [5, 5.41) is 2.30. The van der Waals surface area contributed by atoms with E-state index in [4.69, 9.17) is 44.3 Å². The van der Waals surface area contributed by atoms with Gasteiger partial charge in [-0.1, -0.05) is 54.7 Å². The molecule has 0 fully saturated rings. The van der Waals surface area contributed by atoms with Crippen molar-refractivity contribution in [2.45, 2.75) is 23.6 Å². The molecule has 0 aliphatic heterocycles. The van der Waals surface area contributed by atoms with Crippen molar-refractivity contribution in [3.8, 4) is 11.5 Å². The van der Waals surface area contributed by atoms with Gasteiger partial charge < -0.3 is 14.8 Å². The lowest BCUT2D eigenvalue weighted by atomic mass is 10.2. The van der Waals surface area contributed by atoms with Crippen LogP contribution >= 0.6 is 34.8 Å². The second-order valence-electron chi connectivity index (χ2n) is 8.13. The molecule has 0 aliphatic carbocycles. The van der Waals surface area contributed by atoms with Gasteiger partial charge in [0, 0.05) is 24.8 Å². The molecule has 0 spiro atoms. The zero-order chi connectivity index (χ0) is 29.8. The molecular weight excluding hydrogens is 625 g/mol. The number of nitrogens with one attached hydrogen (secondary N) is 2. The first-order valence-electron chi connectivity index (χ1n) is 11.6. The monoisotopic (exact) mass is 649 g/mol. The Morgan fingerprint density at radius 3 is 2.10 bits per heavy atom. The molecule has 10 nitrogen and oxygen atoms in total.